The van der Waals surface area contributed by atoms with Gasteiger partial charge in [0.05, 0.1) is 0 Å². The van der Waals surface area contributed by atoms with Crippen LogP contribution < -0.4 is 0 Å². The van der Waals surface area contributed by atoms with Gasteiger partial charge in [0.2, 0.25) is 0 Å². The van der Waals surface area contributed by atoms with Crippen LogP contribution in [-0.2, 0) is 12.8 Å². The second-order valence-corrected chi connectivity index (χ2v) is 5.22. The van der Waals surface area contributed by atoms with Crippen molar-refractivity contribution >= 4 is 0 Å². The zero-order valence-corrected chi connectivity index (χ0v) is 11.1. The predicted molar refractivity (Wildman–Crippen MR) is 68.6 cm³/mol. The minimum Gasteiger partial charge on any atom is -0.203 e. The Morgan fingerprint density at radius 1 is 0.750 bits per heavy atom. The maximum absolute atomic E-state index is 14.1. The number of hydrogen-bond donors (Lipinski definition) is 0. The molecule has 0 unspecified atom stereocenters. The molecule has 1 aliphatic carbocycles. The third-order valence-corrected chi connectivity index (χ3v) is 3.88. The molecule has 0 fully saturated rings. The number of fused-ring (bicyclic) bond motifs is 3. The van der Waals surface area contributed by atoms with E-state index < -0.39 is 23.3 Å². The van der Waals surface area contributed by atoms with E-state index in [4.69, 9.17) is 0 Å². The molecule has 0 heterocycles. The first-order chi connectivity index (χ1) is 9.41. The molecular formula is C16H12F4. The van der Waals surface area contributed by atoms with Gasteiger partial charge in [-0.15, -0.1) is 0 Å². The predicted octanol–water partition coefficient (Wildman–Crippen LogP) is 4.63. The van der Waals surface area contributed by atoms with Gasteiger partial charge < -0.3 is 0 Å². The first kappa shape index (κ1) is 13.2. The normalized spacial score (nSPS) is 13.1. The van der Waals surface area contributed by atoms with Crippen LogP contribution in [0.25, 0.3) is 11.1 Å². The highest BCUT2D eigenvalue weighted by atomic mass is 19.2. The lowest BCUT2D eigenvalue weighted by molar-refractivity contribution is 0.405. The lowest BCUT2D eigenvalue weighted by Crippen LogP contribution is -2.13. The van der Waals surface area contributed by atoms with Gasteiger partial charge in [0.25, 0.3) is 0 Å². The molecule has 0 spiro atoms. The highest BCUT2D eigenvalue weighted by Crippen LogP contribution is 2.40. The summed E-state index contributed by atoms with van der Waals surface area (Å²) in [5.41, 5.74) is 2.97. The van der Waals surface area contributed by atoms with Crippen LogP contribution in [0.2, 0.25) is 0 Å². The zero-order valence-electron chi connectivity index (χ0n) is 11.1. The Kier molecular flexibility index (Phi) is 2.85. The molecule has 0 nitrogen and oxygen atoms in total. The van der Waals surface area contributed by atoms with Crippen LogP contribution in [0.4, 0.5) is 17.6 Å². The lowest BCUT2D eigenvalue weighted by atomic mass is 9.82. The van der Waals surface area contributed by atoms with Crippen molar-refractivity contribution < 1.29 is 17.6 Å². The van der Waals surface area contributed by atoms with E-state index in [2.05, 4.69) is 0 Å². The first-order valence-corrected chi connectivity index (χ1v) is 6.37. The van der Waals surface area contributed by atoms with Crippen LogP contribution in [0.5, 0.6) is 0 Å². The number of halogens is 4. The van der Waals surface area contributed by atoms with Gasteiger partial charge in [0.1, 0.15) is 0 Å². The molecule has 0 aromatic heterocycles. The van der Waals surface area contributed by atoms with Crippen LogP contribution in [-0.4, -0.2) is 0 Å². The lowest BCUT2D eigenvalue weighted by Gasteiger charge is -2.23. The van der Waals surface area contributed by atoms with Crippen molar-refractivity contribution in [3.05, 3.63) is 57.7 Å². The highest BCUT2D eigenvalue weighted by molar-refractivity contribution is 5.75. The minimum absolute atomic E-state index is 0.0705. The second-order valence-electron chi connectivity index (χ2n) is 5.22. The molecule has 0 aliphatic heterocycles. The van der Waals surface area contributed by atoms with Gasteiger partial charge in [-0.2, -0.15) is 0 Å². The molecule has 0 saturated heterocycles. The summed E-state index contributed by atoms with van der Waals surface area (Å²) < 4.78 is 54.7. The molecule has 2 aromatic carbocycles. The van der Waals surface area contributed by atoms with E-state index in [0.717, 1.165) is 16.7 Å². The molecule has 0 saturated carbocycles. The van der Waals surface area contributed by atoms with Crippen LogP contribution in [0.1, 0.15) is 22.3 Å². The SMILES string of the molecule is Cc1cc(C)c2c(c1)-c1c(F)c(F)c(F)c(F)c1CC2. The van der Waals surface area contributed by atoms with E-state index >= 15 is 0 Å². The molecule has 4 heteroatoms. The standard InChI is InChI=1S/C16H12F4/c1-7-5-8(2)9-3-4-10-12(11(9)6-7)14(18)16(20)15(19)13(10)17/h5-6H,3-4H2,1-2H3. The van der Waals surface area contributed by atoms with Crippen molar-refractivity contribution in [2.45, 2.75) is 26.7 Å². The molecular weight excluding hydrogens is 268 g/mol. The molecule has 0 amide bonds. The summed E-state index contributed by atoms with van der Waals surface area (Å²) in [5.74, 6) is -6.05. The molecule has 0 radical (unpaired) electrons. The topological polar surface area (TPSA) is 0 Å². The van der Waals surface area contributed by atoms with Crippen molar-refractivity contribution in [1.82, 2.24) is 0 Å². The fraction of sp³-hybridized carbons (Fsp3) is 0.250. The Morgan fingerprint density at radius 3 is 2.05 bits per heavy atom. The number of hydrogen-bond acceptors (Lipinski definition) is 0. The van der Waals surface area contributed by atoms with Crippen molar-refractivity contribution in [3.8, 4) is 11.1 Å². The summed E-state index contributed by atoms with van der Waals surface area (Å²) in [5, 5.41) is 0. The van der Waals surface area contributed by atoms with Crippen LogP contribution >= 0.6 is 0 Å². The van der Waals surface area contributed by atoms with Gasteiger partial charge in [0, 0.05) is 11.1 Å². The summed E-state index contributed by atoms with van der Waals surface area (Å²) >= 11 is 0. The first-order valence-electron chi connectivity index (χ1n) is 6.37. The Bertz CT molecular complexity index is 732. The van der Waals surface area contributed by atoms with Crippen LogP contribution in [0.15, 0.2) is 12.1 Å². The smallest absolute Gasteiger partial charge is 0.198 e. The fourth-order valence-corrected chi connectivity index (χ4v) is 3.00. The molecule has 0 bridgehead atoms. The summed E-state index contributed by atoms with van der Waals surface area (Å²) in [7, 11) is 0. The average molecular weight is 280 g/mol. The molecule has 0 N–H and O–H groups in total. The van der Waals surface area contributed by atoms with Crippen LogP contribution in [0.3, 0.4) is 0 Å². The summed E-state index contributed by atoms with van der Waals surface area (Å²) in [6, 6.07) is 3.64. The van der Waals surface area contributed by atoms with E-state index in [1.54, 1.807) is 6.07 Å². The van der Waals surface area contributed by atoms with Crippen molar-refractivity contribution in [2.75, 3.05) is 0 Å². The van der Waals surface area contributed by atoms with E-state index in [1.165, 1.54) is 0 Å². The van der Waals surface area contributed by atoms with E-state index in [-0.39, 0.29) is 17.5 Å². The van der Waals surface area contributed by atoms with Crippen molar-refractivity contribution in [1.29, 1.82) is 0 Å². The van der Waals surface area contributed by atoms with E-state index in [0.29, 0.717) is 12.0 Å². The maximum atomic E-state index is 14.1. The van der Waals surface area contributed by atoms with Gasteiger partial charge >= 0.3 is 0 Å². The molecule has 20 heavy (non-hydrogen) atoms. The summed E-state index contributed by atoms with van der Waals surface area (Å²) in [6.45, 7) is 3.71. The van der Waals surface area contributed by atoms with Gasteiger partial charge in [0.15, 0.2) is 23.3 Å². The Balaban J connectivity index is 2.43. The molecule has 2 aromatic rings. The largest absolute Gasteiger partial charge is 0.203 e. The van der Waals surface area contributed by atoms with E-state index in [9.17, 15) is 17.6 Å². The zero-order chi connectivity index (χ0) is 14.6. The van der Waals surface area contributed by atoms with Crippen molar-refractivity contribution in [2.24, 2.45) is 0 Å². The quantitative estimate of drug-likeness (QED) is 0.375. The summed E-state index contributed by atoms with van der Waals surface area (Å²) in [6.07, 6.45) is 0.669. The molecule has 1 aliphatic rings. The monoisotopic (exact) mass is 280 g/mol. The fourth-order valence-electron chi connectivity index (χ4n) is 3.00. The number of benzene rings is 2. The maximum Gasteiger partial charge on any atom is 0.198 e. The van der Waals surface area contributed by atoms with Crippen molar-refractivity contribution in [3.63, 3.8) is 0 Å². The van der Waals surface area contributed by atoms with Gasteiger partial charge in [-0.05, 0) is 43.4 Å². The Labute approximate surface area is 114 Å². The summed E-state index contributed by atoms with van der Waals surface area (Å²) in [4.78, 5) is 0. The van der Waals surface area contributed by atoms with Crippen LogP contribution in [0, 0.1) is 37.1 Å². The number of rotatable bonds is 0. The minimum atomic E-state index is -1.74. The third kappa shape index (κ3) is 1.67. The Morgan fingerprint density at radius 2 is 1.35 bits per heavy atom. The highest BCUT2D eigenvalue weighted by Gasteiger charge is 2.30. The van der Waals surface area contributed by atoms with Gasteiger partial charge in [-0.3, -0.25) is 0 Å². The van der Waals surface area contributed by atoms with E-state index in [1.807, 2.05) is 19.9 Å². The molecule has 0 atom stereocenters. The van der Waals surface area contributed by atoms with Gasteiger partial charge in [-0.25, -0.2) is 17.6 Å². The van der Waals surface area contributed by atoms with Gasteiger partial charge in [-0.1, -0.05) is 17.7 Å². The third-order valence-electron chi connectivity index (χ3n) is 3.88. The average Bonchev–Trinajstić information content (AvgIpc) is 2.41. The number of aryl methyl sites for hydroxylation is 2. The Hall–Kier alpha value is -1.84. The second kappa shape index (κ2) is 4.33. The molecule has 104 valence electrons. The molecule has 3 rings (SSSR count).